The van der Waals surface area contributed by atoms with E-state index in [4.69, 9.17) is 8.94 Å². The zero-order chi connectivity index (χ0) is 21.6. The van der Waals surface area contributed by atoms with Crippen molar-refractivity contribution < 1.29 is 13.7 Å². The van der Waals surface area contributed by atoms with Gasteiger partial charge in [0.1, 0.15) is 0 Å². The van der Waals surface area contributed by atoms with Crippen molar-refractivity contribution in [3.05, 3.63) is 70.3 Å². The molecule has 10 heteroatoms. The highest BCUT2D eigenvalue weighted by Crippen LogP contribution is 2.25. The second-order valence-corrected chi connectivity index (χ2v) is 8.53. The van der Waals surface area contributed by atoms with Gasteiger partial charge < -0.3 is 14.3 Å². The minimum Gasteiger partial charge on any atom is -0.411 e. The van der Waals surface area contributed by atoms with Crippen molar-refractivity contribution in [2.75, 3.05) is 5.32 Å². The number of anilines is 1. The maximum atomic E-state index is 12.1. The lowest BCUT2D eigenvalue weighted by Gasteiger charge is -2.03. The molecule has 1 amide bonds. The van der Waals surface area contributed by atoms with Gasteiger partial charge in [-0.3, -0.25) is 4.79 Å². The number of hydrogen-bond donors (Lipinski definition) is 1. The van der Waals surface area contributed by atoms with E-state index in [1.54, 1.807) is 0 Å². The second-order valence-electron chi connectivity index (χ2n) is 6.69. The SMILES string of the molecule is Cc1cccc(-c2nnc(SCc3noc(CCC(=O)Nc4ccc(Br)cc4)n3)o2)c1. The van der Waals surface area contributed by atoms with E-state index in [9.17, 15) is 4.79 Å². The first-order valence-corrected chi connectivity index (χ1v) is 11.2. The van der Waals surface area contributed by atoms with Crippen LogP contribution in [0.15, 0.2) is 67.2 Å². The Labute approximate surface area is 191 Å². The monoisotopic (exact) mass is 499 g/mol. The van der Waals surface area contributed by atoms with Gasteiger partial charge in [0.15, 0.2) is 5.82 Å². The maximum absolute atomic E-state index is 12.1. The van der Waals surface area contributed by atoms with Crippen LogP contribution in [0.25, 0.3) is 11.5 Å². The number of nitrogens with zero attached hydrogens (tertiary/aromatic N) is 4. The van der Waals surface area contributed by atoms with E-state index < -0.39 is 0 Å². The Bertz CT molecular complexity index is 1180. The summed E-state index contributed by atoms with van der Waals surface area (Å²) in [6.07, 6.45) is 0.604. The quantitative estimate of drug-likeness (QED) is 0.335. The molecule has 0 fully saturated rings. The number of thioether (sulfide) groups is 1. The van der Waals surface area contributed by atoms with Gasteiger partial charge >= 0.3 is 0 Å². The molecule has 2 heterocycles. The molecule has 0 unspecified atom stereocenters. The number of nitrogens with one attached hydrogen (secondary N) is 1. The third-order valence-electron chi connectivity index (χ3n) is 4.20. The van der Waals surface area contributed by atoms with Gasteiger partial charge in [-0.05, 0) is 43.3 Å². The third-order valence-corrected chi connectivity index (χ3v) is 5.54. The van der Waals surface area contributed by atoms with Crippen LogP contribution >= 0.6 is 27.7 Å². The summed E-state index contributed by atoms with van der Waals surface area (Å²) in [6, 6.07) is 15.2. The van der Waals surface area contributed by atoms with E-state index in [-0.39, 0.29) is 12.3 Å². The highest BCUT2D eigenvalue weighted by molar-refractivity contribution is 9.10. The van der Waals surface area contributed by atoms with Crippen LogP contribution < -0.4 is 5.32 Å². The molecule has 8 nitrogen and oxygen atoms in total. The van der Waals surface area contributed by atoms with Gasteiger partial charge in [-0.1, -0.05) is 50.5 Å². The number of aryl methyl sites for hydroxylation is 2. The van der Waals surface area contributed by atoms with Gasteiger partial charge in [-0.15, -0.1) is 10.2 Å². The van der Waals surface area contributed by atoms with Crippen LogP contribution in [0.2, 0.25) is 0 Å². The fourth-order valence-corrected chi connectivity index (χ4v) is 3.59. The normalized spacial score (nSPS) is 10.9. The van der Waals surface area contributed by atoms with Crippen LogP contribution in [0.3, 0.4) is 0 Å². The van der Waals surface area contributed by atoms with Crippen molar-refractivity contribution in [2.24, 2.45) is 0 Å². The van der Waals surface area contributed by atoms with E-state index >= 15 is 0 Å². The van der Waals surface area contributed by atoms with E-state index in [0.717, 1.165) is 21.3 Å². The number of aromatic nitrogens is 4. The molecule has 0 aliphatic rings. The van der Waals surface area contributed by atoms with E-state index in [1.165, 1.54) is 11.8 Å². The Morgan fingerprint density at radius 3 is 2.81 bits per heavy atom. The van der Waals surface area contributed by atoms with Gasteiger partial charge in [0.05, 0.1) is 5.75 Å². The Kier molecular flexibility index (Phi) is 6.78. The zero-order valence-electron chi connectivity index (χ0n) is 16.5. The number of hydrogen-bond acceptors (Lipinski definition) is 8. The Morgan fingerprint density at radius 1 is 1.16 bits per heavy atom. The van der Waals surface area contributed by atoms with Crippen LogP contribution in [0.4, 0.5) is 5.69 Å². The zero-order valence-corrected chi connectivity index (χ0v) is 18.9. The topological polar surface area (TPSA) is 107 Å². The van der Waals surface area contributed by atoms with Crippen LogP contribution in [0.1, 0.15) is 23.7 Å². The minimum atomic E-state index is -0.119. The molecule has 158 valence electrons. The molecule has 4 aromatic rings. The summed E-state index contributed by atoms with van der Waals surface area (Å²) >= 11 is 4.69. The molecule has 0 spiro atoms. The molecule has 2 aromatic heterocycles. The third kappa shape index (κ3) is 6.02. The lowest BCUT2D eigenvalue weighted by molar-refractivity contribution is -0.116. The highest BCUT2D eigenvalue weighted by atomic mass is 79.9. The van der Waals surface area contributed by atoms with Crippen molar-refractivity contribution >= 4 is 39.3 Å². The fraction of sp³-hybridized carbons (Fsp3) is 0.190. The van der Waals surface area contributed by atoms with E-state index in [2.05, 4.69) is 41.6 Å². The van der Waals surface area contributed by atoms with Crippen LogP contribution in [0.5, 0.6) is 0 Å². The summed E-state index contributed by atoms with van der Waals surface area (Å²) in [4.78, 5) is 16.4. The van der Waals surface area contributed by atoms with Crippen molar-refractivity contribution in [3.63, 3.8) is 0 Å². The molecule has 0 saturated carbocycles. The fourth-order valence-electron chi connectivity index (χ4n) is 2.72. The first-order valence-electron chi connectivity index (χ1n) is 9.45. The number of rotatable bonds is 8. The molecule has 0 radical (unpaired) electrons. The van der Waals surface area contributed by atoms with Crippen LogP contribution in [-0.4, -0.2) is 26.2 Å². The highest BCUT2D eigenvalue weighted by Gasteiger charge is 2.13. The predicted molar refractivity (Wildman–Crippen MR) is 119 cm³/mol. The van der Waals surface area contributed by atoms with Crippen molar-refractivity contribution in [1.29, 1.82) is 0 Å². The average molecular weight is 500 g/mol. The molecule has 4 rings (SSSR count). The van der Waals surface area contributed by atoms with E-state index in [1.807, 2.05) is 55.5 Å². The summed E-state index contributed by atoms with van der Waals surface area (Å²) in [5.41, 5.74) is 2.73. The number of halogens is 1. The molecule has 0 aliphatic carbocycles. The van der Waals surface area contributed by atoms with Gasteiger partial charge in [0.2, 0.25) is 17.7 Å². The maximum Gasteiger partial charge on any atom is 0.277 e. The van der Waals surface area contributed by atoms with E-state index in [0.29, 0.717) is 35.0 Å². The number of carbonyl (C=O) groups is 1. The lowest BCUT2D eigenvalue weighted by atomic mass is 10.1. The lowest BCUT2D eigenvalue weighted by Crippen LogP contribution is -2.12. The van der Waals surface area contributed by atoms with Gasteiger partial charge in [-0.25, -0.2) is 0 Å². The van der Waals surface area contributed by atoms with Gasteiger partial charge in [0.25, 0.3) is 5.22 Å². The van der Waals surface area contributed by atoms with Crippen molar-refractivity contribution in [1.82, 2.24) is 20.3 Å². The van der Waals surface area contributed by atoms with Crippen LogP contribution in [0, 0.1) is 6.92 Å². The standard InChI is InChI=1S/C21H18BrN5O3S/c1-13-3-2-4-14(11-13)20-25-26-21(29-20)31-12-17-24-19(30-27-17)10-9-18(28)23-16-7-5-15(22)6-8-16/h2-8,11H,9-10,12H2,1H3,(H,23,28). The number of carbonyl (C=O) groups excluding carboxylic acids is 1. The molecular formula is C21H18BrN5O3S. The largest absolute Gasteiger partial charge is 0.411 e. The Balaban J connectivity index is 1.26. The average Bonchev–Trinajstić information content (AvgIpc) is 3.42. The second kappa shape index (κ2) is 9.88. The predicted octanol–water partition coefficient (Wildman–Crippen LogP) is 5.05. The number of benzene rings is 2. The van der Waals surface area contributed by atoms with Crippen molar-refractivity contribution in [3.8, 4) is 11.5 Å². The molecule has 0 aliphatic heterocycles. The molecule has 0 atom stereocenters. The first-order chi connectivity index (χ1) is 15.0. The summed E-state index contributed by atoms with van der Waals surface area (Å²) in [7, 11) is 0. The summed E-state index contributed by atoms with van der Waals surface area (Å²) < 4.78 is 11.9. The summed E-state index contributed by atoms with van der Waals surface area (Å²) in [5.74, 6) is 1.68. The molecule has 2 aromatic carbocycles. The summed E-state index contributed by atoms with van der Waals surface area (Å²) in [6.45, 7) is 2.01. The van der Waals surface area contributed by atoms with Gasteiger partial charge in [0, 0.05) is 28.6 Å². The molecule has 0 saturated heterocycles. The minimum absolute atomic E-state index is 0.119. The van der Waals surface area contributed by atoms with Gasteiger partial charge in [-0.2, -0.15) is 4.98 Å². The smallest absolute Gasteiger partial charge is 0.277 e. The Hall–Kier alpha value is -2.98. The van der Waals surface area contributed by atoms with Crippen molar-refractivity contribution in [2.45, 2.75) is 30.7 Å². The summed E-state index contributed by atoms with van der Waals surface area (Å²) in [5, 5.41) is 15.3. The Morgan fingerprint density at radius 2 is 2.00 bits per heavy atom. The molecule has 31 heavy (non-hydrogen) atoms. The molecule has 0 bridgehead atoms. The molecular weight excluding hydrogens is 482 g/mol. The molecule has 1 N–H and O–H groups in total. The van der Waals surface area contributed by atoms with Crippen LogP contribution in [-0.2, 0) is 17.0 Å². The first kappa shape index (κ1) is 21.3. The number of amides is 1.